The molecule has 0 atom stereocenters. The molecule has 1 N–H and O–H groups in total. The Morgan fingerprint density at radius 3 is 1.94 bits per heavy atom. The molecule has 1 amide bonds. The highest BCUT2D eigenvalue weighted by molar-refractivity contribution is 5.86. The topological polar surface area (TPSA) is 38.3 Å². The highest BCUT2D eigenvalue weighted by Gasteiger charge is 2.03. The van der Waals surface area contributed by atoms with Crippen LogP contribution in [0, 0.1) is 0 Å². The first kappa shape index (κ1) is 13.8. The lowest BCUT2D eigenvalue weighted by Gasteiger charge is -2.05. The number of amides is 1. The molecule has 0 aromatic heterocycles. The van der Waals surface area contributed by atoms with E-state index < -0.39 is 6.09 Å². The molecule has 2 aromatic carbocycles. The van der Waals surface area contributed by atoms with Crippen LogP contribution in [0.1, 0.15) is 13.8 Å². The Morgan fingerprint density at radius 2 is 1.39 bits per heavy atom. The third-order valence-corrected chi connectivity index (χ3v) is 1.97. The molecular weight excluding hydrogens is 226 g/mol. The van der Waals surface area contributed by atoms with Gasteiger partial charge < -0.3 is 4.74 Å². The van der Waals surface area contributed by atoms with Crippen molar-refractivity contribution in [2.24, 2.45) is 0 Å². The molecule has 94 valence electrons. The normalized spacial score (nSPS) is 8.78. The number of benzene rings is 2. The molecule has 0 saturated heterocycles. The molecule has 0 spiro atoms. The predicted octanol–water partition coefficient (Wildman–Crippen LogP) is 4.32. The lowest BCUT2D eigenvalue weighted by atomic mass is 10.3. The maximum Gasteiger partial charge on any atom is 0.417 e. The quantitative estimate of drug-likeness (QED) is 0.852. The van der Waals surface area contributed by atoms with E-state index in [1.807, 2.05) is 50.2 Å². The fourth-order valence-corrected chi connectivity index (χ4v) is 1.26. The van der Waals surface area contributed by atoms with Crippen LogP contribution in [-0.2, 0) is 0 Å². The highest BCUT2D eigenvalue weighted by Crippen LogP contribution is 2.10. The van der Waals surface area contributed by atoms with Gasteiger partial charge in [0.2, 0.25) is 0 Å². The Morgan fingerprint density at radius 1 is 0.889 bits per heavy atom. The SMILES string of the molecule is CC.O=C(Nc1ccccc1)Oc1ccccc1. The van der Waals surface area contributed by atoms with Crippen LogP contribution < -0.4 is 10.1 Å². The van der Waals surface area contributed by atoms with Gasteiger partial charge in [-0.2, -0.15) is 0 Å². The average Bonchev–Trinajstić information content (AvgIpc) is 2.43. The van der Waals surface area contributed by atoms with Crippen molar-refractivity contribution in [3.05, 3.63) is 60.7 Å². The van der Waals surface area contributed by atoms with Gasteiger partial charge in [-0.3, -0.25) is 5.32 Å². The zero-order valence-corrected chi connectivity index (χ0v) is 10.6. The number of rotatable bonds is 2. The molecule has 0 saturated carbocycles. The summed E-state index contributed by atoms with van der Waals surface area (Å²) >= 11 is 0. The first-order chi connectivity index (χ1) is 8.84. The Bertz CT molecular complexity index is 411. The van der Waals surface area contributed by atoms with Crippen LogP contribution in [0.25, 0.3) is 0 Å². The van der Waals surface area contributed by atoms with Gasteiger partial charge >= 0.3 is 6.09 Å². The van der Waals surface area contributed by atoms with Crippen LogP contribution >= 0.6 is 0 Å². The van der Waals surface area contributed by atoms with Gasteiger partial charge in [-0.25, -0.2) is 4.79 Å². The van der Waals surface area contributed by atoms with Crippen molar-refractivity contribution < 1.29 is 9.53 Å². The molecule has 0 unspecified atom stereocenters. The van der Waals surface area contributed by atoms with Gasteiger partial charge in [0.1, 0.15) is 5.75 Å². The Kier molecular flexibility index (Phi) is 6.04. The minimum Gasteiger partial charge on any atom is -0.410 e. The predicted molar refractivity (Wildman–Crippen MR) is 73.9 cm³/mol. The molecule has 0 aliphatic heterocycles. The number of para-hydroxylation sites is 2. The summed E-state index contributed by atoms with van der Waals surface area (Å²) in [6.07, 6.45) is -0.489. The van der Waals surface area contributed by atoms with Crippen LogP contribution in [-0.4, -0.2) is 6.09 Å². The van der Waals surface area contributed by atoms with Gasteiger partial charge in [-0.15, -0.1) is 0 Å². The summed E-state index contributed by atoms with van der Waals surface area (Å²) in [5.41, 5.74) is 0.712. The molecule has 2 rings (SSSR count). The summed E-state index contributed by atoms with van der Waals surface area (Å²) < 4.78 is 5.07. The summed E-state index contributed by atoms with van der Waals surface area (Å²) in [6.45, 7) is 4.00. The Balaban J connectivity index is 0.000000771. The molecule has 0 aliphatic rings. The van der Waals surface area contributed by atoms with Crippen molar-refractivity contribution >= 4 is 11.8 Å². The smallest absolute Gasteiger partial charge is 0.410 e. The monoisotopic (exact) mass is 243 g/mol. The summed E-state index contributed by atoms with van der Waals surface area (Å²) in [5, 5.41) is 2.63. The number of nitrogens with one attached hydrogen (secondary N) is 1. The van der Waals surface area contributed by atoms with E-state index in [9.17, 15) is 4.79 Å². The molecule has 3 heteroatoms. The van der Waals surface area contributed by atoms with E-state index in [4.69, 9.17) is 4.74 Å². The second-order valence-corrected chi connectivity index (χ2v) is 3.19. The number of hydrogen-bond donors (Lipinski definition) is 1. The second-order valence-electron chi connectivity index (χ2n) is 3.19. The molecule has 0 aliphatic carbocycles. The van der Waals surface area contributed by atoms with E-state index in [1.54, 1.807) is 24.3 Å². The third kappa shape index (κ3) is 4.70. The molecule has 0 bridgehead atoms. The summed E-state index contributed by atoms with van der Waals surface area (Å²) in [5.74, 6) is 0.524. The van der Waals surface area contributed by atoms with E-state index in [0.717, 1.165) is 0 Å². The molecular formula is C15H17NO2. The fraction of sp³-hybridized carbons (Fsp3) is 0.133. The third-order valence-electron chi connectivity index (χ3n) is 1.97. The summed E-state index contributed by atoms with van der Waals surface area (Å²) in [7, 11) is 0. The van der Waals surface area contributed by atoms with Crippen molar-refractivity contribution in [1.29, 1.82) is 0 Å². The van der Waals surface area contributed by atoms with E-state index in [1.165, 1.54) is 0 Å². The van der Waals surface area contributed by atoms with E-state index in [2.05, 4.69) is 5.32 Å². The lowest BCUT2D eigenvalue weighted by molar-refractivity contribution is 0.215. The number of ether oxygens (including phenoxy) is 1. The van der Waals surface area contributed by atoms with Gasteiger partial charge in [0, 0.05) is 5.69 Å². The average molecular weight is 243 g/mol. The van der Waals surface area contributed by atoms with E-state index >= 15 is 0 Å². The first-order valence-electron chi connectivity index (χ1n) is 5.93. The standard InChI is InChI=1S/C13H11NO2.C2H6/c15-13(14-11-7-3-1-4-8-11)16-12-9-5-2-6-10-12;1-2/h1-10H,(H,14,15);1-2H3. The second kappa shape index (κ2) is 7.90. The van der Waals surface area contributed by atoms with Crippen LogP contribution in [0.15, 0.2) is 60.7 Å². The van der Waals surface area contributed by atoms with Gasteiger partial charge in [0.15, 0.2) is 0 Å². The number of hydrogen-bond acceptors (Lipinski definition) is 2. The number of carbonyl (C=O) groups excluding carboxylic acids is 1. The van der Waals surface area contributed by atoms with Crippen LogP contribution in [0.2, 0.25) is 0 Å². The molecule has 0 radical (unpaired) electrons. The minimum atomic E-state index is -0.489. The van der Waals surface area contributed by atoms with E-state index in [0.29, 0.717) is 11.4 Å². The highest BCUT2D eigenvalue weighted by atomic mass is 16.6. The molecule has 2 aromatic rings. The summed E-state index contributed by atoms with van der Waals surface area (Å²) in [6, 6.07) is 18.1. The van der Waals surface area contributed by atoms with Crippen molar-refractivity contribution in [1.82, 2.24) is 0 Å². The van der Waals surface area contributed by atoms with E-state index in [-0.39, 0.29) is 0 Å². The van der Waals surface area contributed by atoms with Crippen molar-refractivity contribution in [3.8, 4) is 5.75 Å². The van der Waals surface area contributed by atoms with Crippen LogP contribution in [0.4, 0.5) is 10.5 Å². The first-order valence-corrected chi connectivity index (χ1v) is 5.93. The van der Waals surface area contributed by atoms with Crippen LogP contribution in [0.5, 0.6) is 5.75 Å². The largest absolute Gasteiger partial charge is 0.417 e. The maximum atomic E-state index is 11.4. The number of anilines is 1. The lowest BCUT2D eigenvalue weighted by Crippen LogP contribution is -2.16. The van der Waals surface area contributed by atoms with Crippen molar-refractivity contribution in [2.45, 2.75) is 13.8 Å². The Labute approximate surface area is 107 Å². The summed E-state index contributed by atoms with van der Waals surface area (Å²) in [4.78, 5) is 11.4. The molecule has 0 heterocycles. The minimum absolute atomic E-state index is 0.489. The number of carbonyl (C=O) groups is 1. The molecule has 18 heavy (non-hydrogen) atoms. The zero-order valence-electron chi connectivity index (χ0n) is 10.6. The Hall–Kier alpha value is -2.29. The van der Waals surface area contributed by atoms with Crippen molar-refractivity contribution in [2.75, 3.05) is 5.32 Å². The van der Waals surface area contributed by atoms with Gasteiger partial charge in [0.05, 0.1) is 0 Å². The van der Waals surface area contributed by atoms with Crippen molar-refractivity contribution in [3.63, 3.8) is 0 Å². The van der Waals surface area contributed by atoms with Gasteiger partial charge in [0.25, 0.3) is 0 Å². The molecule has 3 nitrogen and oxygen atoms in total. The fourth-order valence-electron chi connectivity index (χ4n) is 1.26. The van der Waals surface area contributed by atoms with Gasteiger partial charge in [-0.05, 0) is 24.3 Å². The molecule has 0 fully saturated rings. The zero-order chi connectivity index (χ0) is 13.2. The van der Waals surface area contributed by atoms with Crippen LogP contribution in [0.3, 0.4) is 0 Å². The van der Waals surface area contributed by atoms with Gasteiger partial charge in [-0.1, -0.05) is 50.2 Å². The maximum absolute atomic E-state index is 11.4.